The Bertz CT molecular complexity index is 971. The van der Waals surface area contributed by atoms with E-state index in [1.54, 1.807) is 12.1 Å². The van der Waals surface area contributed by atoms with E-state index in [9.17, 15) is 9.59 Å². The molecule has 0 radical (unpaired) electrons. The Morgan fingerprint density at radius 3 is 1.97 bits per heavy atom. The summed E-state index contributed by atoms with van der Waals surface area (Å²) in [5, 5.41) is 8.80. The van der Waals surface area contributed by atoms with Crippen molar-refractivity contribution < 1.29 is 14.3 Å². The Balaban J connectivity index is 1.40. The molecule has 3 aromatic rings. The van der Waals surface area contributed by atoms with Crippen LogP contribution < -0.4 is 20.7 Å². The number of carbonyl (C=O) groups is 2. The highest BCUT2D eigenvalue weighted by molar-refractivity contribution is 5.94. The van der Waals surface area contributed by atoms with Gasteiger partial charge in [-0.25, -0.2) is 0 Å². The number of ether oxygens (including phenoxy) is 1. The van der Waals surface area contributed by atoms with E-state index in [0.717, 1.165) is 22.7 Å². The monoisotopic (exact) mass is 417 g/mol. The number of aryl methyl sites for hydroxylation is 1. The first-order valence-electron chi connectivity index (χ1n) is 10.3. The molecule has 6 heteroatoms. The topological polar surface area (TPSA) is 79.5 Å². The van der Waals surface area contributed by atoms with Crippen molar-refractivity contribution in [2.24, 2.45) is 0 Å². The van der Waals surface area contributed by atoms with Crippen LogP contribution >= 0.6 is 0 Å². The van der Waals surface area contributed by atoms with Gasteiger partial charge in [-0.1, -0.05) is 30.3 Å². The maximum Gasteiger partial charge on any atom is 0.243 e. The second-order valence-corrected chi connectivity index (χ2v) is 6.97. The number of carbonyl (C=O) groups excluding carboxylic acids is 2. The fourth-order valence-electron chi connectivity index (χ4n) is 2.99. The Kier molecular flexibility index (Phi) is 8.05. The van der Waals surface area contributed by atoms with Gasteiger partial charge in [0.05, 0.1) is 13.2 Å². The lowest BCUT2D eigenvalue weighted by Gasteiger charge is -2.10. The van der Waals surface area contributed by atoms with Crippen LogP contribution in [0.4, 0.5) is 17.1 Å². The van der Waals surface area contributed by atoms with E-state index in [4.69, 9.17) is 4.74 Å². The van der Waals surface area contributed by atoms with Gasteiger partial charge in [-0.05, 0) is 67.4 Å². The molecule has 3 N–H and O–H groups in total. The Morgan fingerprint density at radius 2 is 1.32 bits per heavy atom. The number of amides is 2. The highest BCUT2D eigenvalue weighted by Gasteiger charge is 2.05. The van der Waals surface area contributed by atoms with Crippen molar-refractivity contribution in [3.8, 4) is 5.75 Å². The molecule has 0 atom stereocenters. The summed E-state index contributed by atoms with van der Waals surface area (Å²) in [7, 11) is 0. The zero-order valence-corrected chi connectivity index (χ0v) is 17.6. The first kappa shape index (κ1) is 21.9. The molecule has 0 aromatic heterocycles. The molecule has 0 saturated carbocycles. The maximum absolute atomic E-state index is 12.1. The minimum atomic E-state index is -0.151. The summed E-state index contributed by atoms with van der Waals surface area (Å²) < 4.78 is 5.39. The summed E-state index contributed by atoms with van der Waals surface area (Å²) in [6.45, 7) is 2.66. The molecule has 0 fully saturated rings. The summed E-state index contributed by atoms with van der Waals surface area (Å²) in [6.07, 6.45) is 1.13. The van der Waals surface area contributed by atoms with E-state index in [2.05, 4.69) is 16.0 Å². The number of rotatable bonds is 10. The molecule has 160 valence electrons. The van der Waals surface area contributed by atoms with Gasteiger partial charge in [0.25, 0.3) is 0 Å². The van der Waals surface area contributed by atoms with Gasteiger partial charge in [-0.2, -0.15) is 0 Å². The summed E-state index contributed by atoms with van der Waals surface area (Å²) in [4.78, 5) is 24.3. The van der Waals surface area contributed by atoms with E-state index >= 15 is 0 Å². The van der Waals surface area contributed by atoms with Crippen molar-refractivity contribution >= 4 is 28.9 Å². The molecule has 3 aromatic carbocycles. The molecule has 0 saturated heterocycles. The van der Waals surface area contributed by atoms with Crippen LogP contribution in [0.15, 0.2) is 78.9 Å². The Hall–Kier alpha value is -3.80. The van der Waals surface area contributed by atoms with Crippen molar-refractivity contribution in [1.82, 2.24) is 0 Å². The van der Waals surface area contributed by atoms with Gasteiger partial charge >= 0.3 is 0 Å². The number of hydrogen-bond donors (Lipinski definition) is 3. The zero-order valence-electron chi connectivity index (χ0n) is 17.6. The van der Waals surface area contributed by atoms with E-state index in [1.807, 2.05) is 73.7 Å². The number of nitrogens with one attached hydrogen (secondary N) is 3. The first-order valence-corrected chi connectivity index (χ1v) is 10.3. The third-order valence-corrected chi connectivity index (χ3v) is 4.55. The lowest BCUT2D eigenvalue weighted by Crippen LogP contribution is -2.21. The second-order valence-electron chi connectivity index (χ2n) is 6.97. The minimum absolute atomic E-state index is 0.0284. The van der Waals surface area contributed by atoms with Crippen LogP contribution in [0.5, 0.6) is 5.75 Å². The SMILES string of the molecule is CCOc1ccc(NC(=O)CNc2ccc(NC(=O)CCc3ccccc3)cc2)cc1. The van der Waals surface area contributed by atoms with Gasteiger partial charge in [0, 0.05) is 23.5 Å². The van der Waals surface area contributed by atoms with Crippen LogP contribution in [-0.2, 0) is 16.0 Å². The summed E-state index contributed by atoms with van der Waals surface area (Å²) >= 11 is 0. The lowest BCUT2D eigenvalue weighted by molar-refractivity contribution is -0.116. The normalized spacial score (nSPS) is 10.2. The molecule has 0 spiro atoms. The van der Waals surface area contributed by atoms with E-state index in [1.165, 1.54) is 0 Å². The largest absolute Gasteiger partial charge is 0.494 e. The molecule has 6 nitrogen and oxygen atoms in total. The zero-order chi connectivity index (χ0) is 21.9. The standard InChI is InChI=1S/C25H27N3O3/c1-2-31-23-15-13-22(14-16-23)28-25(30)18-26-20-9-11-21(12-10-20)27-24(29)17-8-19-6-4-3-5-7-19/h3-7,9-16,26H,2,8,17-18H2,1H3,(H,27,29)(H,28,30). The average Bonchev–Trinajstić information content (AvgIpc) is 2.79. The van der Waals surface area contributed by atoms with Crippen molar-refractivity contribution in [1.29, 1.82) is 0 Å². The third kappa shape index (κ3) is 7.51. The van der Waals surface area contributed by atoms with Crippen LogP contribution in [0.1, 0.15) is 18.9 Å². The third-order valence-electron chi connectivity index (χ3n) is 4.55. The lowest BCUT2D eigenvalue weighted by atomic mass is 10.1. The quantitative estimate of drug-likeness (QED) is 0.446. The molecule has 0 aliphatic carbocycles. The van der Waals surface area contributed by atoms with Crippen molar-refractivity contribution in [3.05, 3.63) is 84.4 Å². The number of anilines is 3. The van der Waals surface area contributed by atoms with Gasteiger partial charge in [-0.3, -0.25) is 9.59 Å². The second kappa shape index (κ2) is 11.4. The van der Waals surface area contributed by atoms with Gasteiger partial charge in [0.2, 0.25) is 11.8 Å². The van der Waals surface area contributed by atoms with Gasteiger partial charge in [0.15, 0.2) is 0 Å². The van der Waals surface area contributed by atoms with Crippen molar-refractivity contribution in [2.75, 3.05) is 29.1 Å². The molecule has 0 heterocycles. The Labute approximate surface area is 182 Å². The molecular formula is C25H27N3O3. The molecule has 31 heavy (non-hydrogen) atoms. The van der Waals surface area contributed by atoms with Gasteiger partial charge in [-0.15, -0.1) is 0 Å². The van der Waals surface area contributed by atoms with Crippen molar-refractivity contribution in [3.63, 3.8) is 0 Å². The molecule has 0 aliphatic rings. The number of benzene rings is 3. The summed E-state index contributed by atoms with van der Waals surface area (Å²) in [5.74, 6) is 0.590. The van der Waals surface area contributed by atoms with Crippen LogP contribution in [-0.4, -0.2) is 25.0 Å². The predicted molar refractivity (Wildman–Crippen MR) is 125 cm³/mol. The van der Waals surface area contributed by atoms with Gasteiger partial charge < -0.3 is 20.7 Å². The smallest absolute Gasteiger partial charge is 0.243 e. The molecule has 3 rings (SSSR count). The first-order chi connectivity index (χ1) is 15.1. The Morgan fingerprint density at radius 1 is 0.742 bits per heavy atom. The minimum Gasteiger partial charge on any atom is -0.494 e. The average molecular weight is 418 g/mol. The summed E-state index contributed by atoms with van der Waals surface area (Å²) in [6, 6.07) is 24.5. The molecule has 0 aliphatic heterocycles. The summed E-state index contributed by atoms with van der Waals surface area (Å²) in [5.41, 5.74) is 3.37. The highest BCUT2D eigenvalue weighted by atomic mass is 16.5. The molecular weight excluding hydrogens is 390 g/mol. The fraction of sp³-hybridized carbons (Fsp3) is 0.200. The van der Waals surface area contributed by atoms with Gasteiger partial charge in [0.1, 0.15) is 5.75 Å². The van der Waals surface area contributed by atoms with Crippen molar-refractivity contribution in [2.45, 2.75) is 19.8 Å². The van der Waals surface area contributed by atoms with Crippen LogP contribution in [0, 0.1) is 0 Å². The number of hydrogen-bond acceptors (Lipinski definition) is 4. The van der Waals surface area contributed by atoms with Crippen LogP contribution in [0.3, 0.4) is 0 Å². The van der Waals surface area contributed by atoms with Crippen LogP contribution in [0.2, 0.25) is 0 Å². The van der Waals surface area contributed by atoms with E-state index < -0.39 is 0 Å². The van der Waals surface area contributed by atoms with E-state index in [-0.39, 0.29) is 18.4 Å². The molecule has 0 bridgehead atoms. The van der Waals surface area contributed by atoms with Crippen LogP contribution in [0.25, 0.3) is 0 Å². The molecule has 2 amide bonds. The fourth-order valence-corrected chi connectivity index (χ4v) is 2.99. The predicted octanol–water partition coefficient (Wildman–Crippen LogP) is 4.71. The molecule has 0 unspecified atom stereocenters. The maximum atomic E-state index is 12.1. The van der Waals surface area contributed by atoms with E-state index in [0.29, 0.717) is 25.1 Å². The highest BCUT2D eigenvalue weighted by Crippen LogP contribution is 2.16.